The molecule has 0 heteroatoms. The quantitative estimate of drug-likeness (QED) is 0.630. The van der Waals surface area contributed by atoms with Crippen molar-refractivity contribution < 1.29 is 0 Å². The Kier molecular flexibility index (Phi) is 9.26. The zero-order valence-corrected chi connectivity index (χ0v) is 10.8. The van der Waals surface area contributed by atoms with Crippen LogP contribution < -0.4 is 0 Å². The first-order valence-electron chi connectivity index (χ1n) is 6.37. The molecule has 0 aliphatic carbocycles. The standard InChI is InChI=1S/C13H20.C2H6/c1-3-7-12(2)10-11-13-8-5-4-6-9-13;1-2/h4-6,8-9,12H,3,7,10-11H2,1-2H3;1-2H3. The smallest absolute Gasteiger partial charge is 0.0276 e. The van der Waals surface area contributed by atoms with Gasteiger partial charge in [0.25, 0.3) is 0 Å². The van der Waals surface area contributed by atoms with Crippen molar-refractivity contribution in [1.29, 1.82) is 0 Å². The monoisotopic (exact) mass is 206 g/mol. The molecule has 0 aromatic heterocycles. The van der Waals surface area contributed by atoms with Crippen molar-refractivity contribution in [3.05, 3.63) is 35.9 Å². The van der Waals surface area contributed by atoms with Gasteiger partial charge in [0.1, 0.15) is 0 Å². The lowest BCUT2D eigenvalue weighted by atomic mass is 9.97. The number of aryl methyl sites for hydroxylation is 1. The van der Waals surface area contributed by atoms with E-state index in [2.05, 4.69) is 44.2 Å². The van der Waals surface area contributed by atoms with Crippen LogP contribution in [0.25, 0.3) is 0 Å². The van der Waals surface area contributed by atoms with E-state index in [1.165, 1.54) is 31.2 Å². The molecule has 0 heterocycles. The minimum Gasteiger partial charge on any atom is -0.0683 e. The first-order chi connectivity index (χ1) is 7.33. The van der Waals surface area contributed by atoms with E-state index < -0.39 is 0 Å². The maximum Gasteiger partial charge on any atom is -0.0276 e. The number of rotatable bonds is 5. The number of hydrogen-bond donors (Lipinski definition) is 0. The summed E-state index contributed by atoms with van der Waals surface area (Å²) < 4.78 is 0. The summed E-state index contributed by atoms with van der Waals surface area (Å²) in [5.74, 6) is 0.880. The highest BCUT2D eigenvalue weighted by Crippen LogP contribution is 2.13. The summed E-state index contributed by atoms with van der Waals surface area (Å²) in [6.07, 6.45) is 5.25. The first kappa shape index (κ1) is 14.2. The van der Waals surface area contributed by atoms with Crippen molar-refractivity contribution in [3.63, 3.8) is 0 Å². The Morgan fingerprint density at radius 3 is 2.13 bits per heavy atom. The molecule has 0 fully saturated rings. The molecule has 0 bridgehead atoms. The molecule has 0 nitrogen and oxygen atoms in total. The molecule has 0 saturated carbocycles. The summed E-state index contributed by atoms with van der Waals surface area (Å²) >= 11 is 0. The van der Waals surface area contributed by atoms with Gasteiger partial charge in [0.15, 0.2) is 0 Å². The summed E-state index contributed by atoms with van der Waals surface area (Å²) in [7, 11) is 0. The Bertz CT molecular complexity index is 213. The Hall–Kier alpha value is -0.780. The second-order valence-corrected chi connectivity index (χ2v) is 3.92. The van der Waals surface area contributed by atoms with Crippen molar-refractivity contribution in [2.45, 2.75) is 53.4 Å². The molecule has 0 saturated heterocycles. The van der Waals surface area contributed by atoms with Gasteiger partial charge in [-0.15, -0.1) is 0 Å². The molecule has 0 N–H and O–H groups in total. The lowest BCUT2D eigenvalue weighted by Gasteiger charge is -2.09. The molecule has 1 atom stereocenters. The lowest BCUT2D eigenvalue weighted by molar-refractivity contribution is 0.486. The van der Waals surface area contributed by atoms with Crippen molar-refractivity contribution >= 4 is 0 Å². The van der Waals surface area contributed by atoms with E-state index in [9.17, 15) is 0 Å². The Morgan fingerprint density at radius 2 is 1.60 bits per heavy atom. The summed E-state index contributed by atoms with van der Waals surface area (Å²) in [5.41, 5.74) is 1.48. The third-order valence-corrected chi connectivity index (χ3v) is 2.55. The van der Waals surface area contributed by atoms with E-state index in [4.69, 9.17) is 0 Å². The summed E-state index contributed by atoms with van der Waals surface area (Å²) in [6, 6.07) is 10.8. The van der Waals surface area contributed by atoms with Crippen molar-refractivity contribution in [3.8, 4) is 0 Å². The van der Waals surface area contributed by atoms with Crippen molar-refractivity contribution in [2.75, 3.05) is 0 Å². The van der Waals surface area contributed by atoms with E-state index in [1.807, 2.05) is 13.8 Å². The maximum absolute atomic E-state index is 2.35. The van der Waals surface area contributed by atoms with Crippen LogP contribution in [0.4, 0.5) is 0 Å². The average Bonchev–Trinajstić information content (AvgIpc) is 2.31. The van der Waals surface area contributed by atoms with E-state index in [1.54, 1.807) is 0 Å². The predicted molar refractivity (Wildman–Crippen MR) is 70.2 cm³/mol. The molecule has 1 rings (SSSR count). The van der Waals surface area contributed by atoms with E-state index >= 15 is 0 Å². The molecule has 1 aromatic rings. The van der Waals surface area contributed by atoms with E-state index in [0.717, 1.165) is 5.92 Å². The Morgan fingerprint density at radius 1 is 1.00 bits per heavy atom. The third kappa shape index (κ3) is 7.18. The number of benzene rings is 1. The van der Waals surface area contributed by atoms with Crippen LogP contribution in [0.5, 0.6) is 0 Å². The van der Waals surface area contributed by atoms with Gasteiger partial charge in [0.05, 0.1) is 0 Å². The molecule has 0 aliphatic rings. The van der Waals surface area contributed by atoms with Gasteiger partial charge in [-0.2, -0.15) is 0 Å². The molecule has 0 aliphatic heterocycles. The van der Waals surface area contributed by atoms with Crippen LogP contribution in [-0.4, -0.2) is 0 Å². The van der Waals surface area contributed by atoms with Gasteiger partial charge in [-0.25, -0.2) is 0 Å². The number of hydrogen-bond acceptors (Lipinski definition) is 0. The largest absolute Gasteiger partial charge is 0.0683 e. The second-order valence-electron chi connectivity index (χ2n) is 3.92. The van der Waals surface area contributed by atoms with Crippen LogP contribution in [0, 0.1) is 5.92 Å². The van der Waals surface area contributed by atoms with Crippen LogP contribution in [0.3, 0.4) is 0 Å². The fraction of sp³-hybridized carbons (Fsp3) is 0.600. The lowest BCUT2D eigenvalue weighted by Crippen LogP contribution is -1.96. The molecule has 0 spiro atoms. The van der Waals surface area contributed by atoms with Gasteiger partial charge in [-0.05, 0) is 24.3 Å². The zero-order chi connectivity index (χ0) is 11.5. The predicted octanol–water partition coefficient (Wildman–Crippen LogP) is 5.08. The van der Waals surface area contributed by atoms with Gasteiger partial charge in [0, 0.05) is 0 Å². The highest BCUT2D eigenvalue weighted by molar-refractivity contribution is 5.14. The van der Waals surface area contributed by atoms with Crippen LogP contribution in [0.1, 0.15) is 52.5 Å². The van der Waals surface area contributed by atoms with Crippen LogP contribution in [-0.2, 0) is 6.42 Å². The van der Waals surface area contributed by atoms with E-state index in [-0.39, 0.29) is 0 Å². The maximum atomic E-state index is 2.35. The minimum atomic E-state index is 0.880. The molecule has 1 aromatic carbocycles. The highest BCUT2D eigenvalue weighted by atomic mass is 14.1. The molecule has 0 amide bonds. The topological polar surface area (TPSA) is 0 Å². The molecule has 15 heavy (non-hydrogen) atoms. The third-order valence-electron chi connectivity index (χ3n) is 2.55. The normalized spacial score (nSPS) is 11.5. The van der Waals surface area contributed by atoms with Crippen LogP contribution in [0.2, 0.25) is 0 Å². The van der Waals surface area contributed by atoms with E-state index in [0.29, 0.717) is 0 Å². The Labute approximate surface area is 95.7 Å². The van der Waals surface area contributed by atoms with Gasteiger partial charge >= 0.3 is 0 Å². The van der Waals surface area contributed by atoms with Gasteiger partial charge in [0.2, 0.25) is 0 Å². The fourth-order valence-electron chi connectivity index (χ4n) is 1.69. The summed E-state index contributed by atoms with van der Waals surface area (Å²) in [4.78, 5) is 0. The van der Waals surface area contributed by atoms with Crippen LogP contribution in [0.15, 0.2) is 30.3 Å². The molecular weight excluding hydrogens is 180 g/mol. The second kappa shape index (κ2) is 9.76. The summed E-state index contributed by atoms with van der Waals surface area (Å²) in [5, 5.41) is 0. The Balaban J connectivity index is 0.000000921. The average molecular weight is 206 g/mol. The zero-order valence-electron chi connectivity index (χ0n) is 10.8. The molecule has 86 valence electrons. The van der Waals surface area contributed by atoms with Gasteiger partial charge in [-0.3, -0.25) is 0 Å². The van der Waals surface area contributed by atoms with Gasteiger partial charge in [-0.1, -0.05) is 70.9 Å². The molecule has 1 unspecified atom stereocenters. The van der Waals surface area contributed by atoms with Crippen LogP contribution >= 0.6 is 0 Å². The van der Waals surface area contributed by atoms with Gasteiger partial charge < -0.3 is 0 Å². The fourth-order valence-corrected chi connectivity index (χ4v) is 1.69. The molecule has 0 radical (unpaired) electrons. The van der Waals surface area contributed by atoms with Crippen molar-refractivity contribution in [1.82, 2.24) is 0 Å². The first-order valence-corrected chi connectivity index (χ1v) is 6.37. The molecular formula is C15H26. The minimum absolute atomic E-state index is 0.880. The van der Waals surface area contributed by atoms with Crippen molar-refractivity contribution in [2.24, 2.45) is 5.92 Å². The highest BCUT2D eigenvalue weighted by Gasteiger charge is 2.00. The summed E-state index contributed by atoms with van der Waals surface area (Å²) in [6.45, 7) is 8.62. The SMILES string of the molecule is CC.CCCC(C)CCc1ccccc1.